The molecule has 0 atom stereocenters. The highest BCUT2D eigenvalue weighted by molar-refractivity contribution is 7.12. The van der Waals surface area contributed by atoms with Gasteiger partial charge in [0, 0.05) is 26.2 Å². The lowest BCUT2D eigenvalue weighted by Crippen LogP contribution is -2.51. The molecule has 1 aromatic carbocycles. The lowest BCUT2D eigenvalue weighted by atomic mass is 10.2. The van der Waals surface area contributed by atoms with Crippen molar-refractivity contribution in [3.8, 4) is 0 Å². The maximum atomic E-state index is 13.7. The van der Waals surface area contributed by atoms with Gasteiger partial charge in [-0.15, -0.1) is 11.3 Å². The number of nitrogens with one attached hydrogen (secondary N) is 1. The summed E-state index contributed by atoms with van der Waals surface area (Å²) in [7, 11) is 0. The first kappa shape index (κ1) is 20.1. The van der Waals surface area contributed by atoms with Crippen LogP contribution in [-0.4, -0.2) is 54.3 Å². The van der Waals surface area contributed by atoms with E-state index in [1.54, 1.807) is 17.0 Å². The number of anilines is 1. The van der Waals surface area contributed by atoms with Crippen LogP contribution in [0.25, 0.3) is 0 Å². The second kappa shape index (κ2) is 8.17. The van der Waals surface area contributed by atoms with Gasteiger partial charge in [0.2, 0.25) is 5.91 Å². The minimum Gasteiger partial charge on any atom is -0.374 e. The second-order valence-corrected chi connectivity index (χ2v) is 7.14. The van der Waals surface area contributed by atoms with Crippen molar-refractivity contribution in [1.29, 1.82) is 0 Å². The van der Waals surface area contributed by atoms with Crippen LogP contribution in [-0.2, 0) is 11.0 Å². The maximum absolute atomic E-state index is 13.7. The smallest absolute Gasteiger partial charge is 0.374 e. The molecule has 1 aromatic heterocycles. The van der Waals surface area contributed by atoms with Crippen molar-refractivity contribution in [2.45, 2.75) is 6.18 Å². The van der Waals surface area contributed by atoms with Gasteiger partial charge in [-0.2, -0.15) is 13.2 Å². The molecule has 2 heterocycles. The molecule has 2 aromatic rings. The van der Waals surface area contributed by atoms with E-state index in [0.717, 1.165) is 0 Å². The van der Waals surface area contributed by atoms with Crippen LogP contribution < -0.4 is 5.32 Å². The zero-order chi connectivity index (χ0) is 20.3. The number of hydrogen-bond acceptors (Lipinski definition) is 4. The van der Waals surface area contributed by atoms with Gasteiger partial charge in [0.05, 0.1) is 22.7 Å². The summed E-state index contributed by atoms with van der Waals surface area (Å²) < 4.78 is 51.9. The molecule has 1 fully saturated rings. The van der Waals surface area contributed by atoms with Crippen molar-refractivity contribution in [3.63, 3.8) is 0 Å². The van der Waals surface area contributed by atoms with Crippen LogP contribution >= 0.6 is 11.3 Å². The van der Waals surface area contributed by atoms with Crippen LogP contribution in [0.1, 0.15) is 15.2 Å². The third kappa shape index (κ3) is 4.61. The van der Waals surface area contributed by atoms with Crippen molar-refractivity contribution in [3.05, 3.63) is 52.0 Å². The van der Waals surface area contributed by atoms with Crippen molar-refractivity contribution in [2.75, 3.05) is 38.0 Å². The van der Waals surface area contributed by atoms with Crippen LogP contribution in [0.4, 0.5) is 23.2 Å². The van der Waals surface area contributed by atoms with Gasteiger partial charge in [-0.05, 0) is 29.6 Å². The van der Waals surface area contributed by atoms with E-state index < -0.39 is 17.6 Å². The number of hydrogen-bond donors (Lipinski definition) is 1. The summed E-state index contributed by atoms with van der Waals surface area (Å²) in [5.41, 5.74) is -1.38. The molecule has 1 N–H and O–H groups in total. The molecular weight excluding hydrogens is 398 g/mol. The molecule has 0 radical (unpaired) electrons. The van der Waals surface area contributed by atoms with Crippen molar-refractivity contribution in [2.24, 2.45) is 0 Å². The standard InChI is InChI=1S/C18H17F4N3O2S/c19-13-4-3-12(18(20,21)22)10-14(13)23-11-16(26)24-5-7-25(8-6-24)17(27)15-2-1-9-28-15/h1-4,9-10,23H,5-8,11H2. The van der Waals surface area contributed by atoms with Gasteiger partial charge in [-0.3, -0.25) is 9.59 Å². The molecule has 1 aliphatic rings. The first-order chi connectivity index (χ1) is 13.3. The van der Waals surface area contributed by atoms with Crippen molar-refractivity contribution < 1.29 is 27.2 Å². The zero-order valence-electron chi connectivity index (χ0n) is 14.6. The molecule has 10 heteroatoms. The van der Waals surface area contributed by atoms with Crippen LogP contribution in [0.2, 0.25) is 0 Å². The number of carbonyl (C=O) groups is 2. The number of halogens is 4. The summed E-state index contributed by atoms with van der Waals surface area (Å²) >= 11 is 1.34. The molecule has 150 valence electrons. The monoisotopic (exact) mass is 415 g/mol. The number of amides is 2. The zero-order valence-corrected chi connectivity index (χ0v) is 15.4. The Bertz CT molecular complexity index is 847. The molecular formula is C18H17F4N3O2S. The Balaban J connectivity index is 1.53. The van der Waals surface area contributed by atoms with Crippen molar-refractivity contribution in [1.82, 2.24) is 9.80 Å². The first-order valence-electron chi connectivity index (χ1n) is 8.47. The first-order valence-corrected chi connectivity index (χ1v) is 9.35. The largest absolute Gasteiger partial charge is 0.416 e. The van der Waals surface area contributed by atoms with E-state index in [0.29, 0.717) is 49.3 Å². The lowest BCUT2D eigenvalue weighted by molar-refractivity contribution is -0.137. The molecule has 28 heavy (non-hydrogen) atoms. The summed E-state index contributed by atoms with van der Waals surface area (Å²) in [5, 5.41) is 4.24. The topological polar surface area (TPSA) is 52.7 Å². The summed E-state index contributed by atoms with van der Waals surface area (Å²) in [6.07, 6.45) is -4.60. The van der Waals surface area contributed by atoms with Crippen LogP contribution in [0.3, 0.4) is 0 Å². The Hall–Kier alpha value is -2.62. The fourth-order valence-electron chi connectivity index (χ4n) is 2.83. The fraction of sp³-hybridized carbons (Fsp3) is 0.333. The molecule has 1 saturated heterocycles. The minimum atomic E-state index is -4.60. The molecule has 5 nitrogen and oxygen atoms in total. The highest BCUT2D eigenvalue weighted by Gasteiger charge is 2.31. The molecule has 0 saturated carbocycles. The highest BCUT2D eigenvalue weighted by atomic mass is 32.1. The predicted octanol–water partition coefficient (Wildman–Crippen LogP) is 3.30. The van der Waals surface area contributed by atoms with Gasteiger partial charge in [0.1, 0.15) is 5.82 Å². The van der Waals surface area contributed by atoms with E-state index in [4.69, 9.17) is 0 Å². The Labute approximate surface area is 162 Å². The lowest BCUT2D eigenvalue weighted by Gasteiger charge is -2.34. The number of rotatable bonds is 4. The van der Waals surface area contributed by atoms with E-state index in [2.05, 4.69) is 5.32 Å². The van der Waals surface area contributed by atoms with Crippen LogP contribution in [0.5, 0.6) is 0 Å². The average Bonchev–Trinajstić information content (AvgIpc) is 3.20. The molecule has 0 unspecified atom stereocenters. The number of piperazine rings is 1. The summed E-state index contributed by atoms with van der Waals surface area (Å²) in [5.74, 6) is -1.33. The maximum Gasteiger partial charge on any atom is 0.416 e. The number of nitrogens with zero attached hydrogens (tertiary/aromatic N) is 2. The van der Waals surface area contributed by atoms with Crippen molar-refractivity contribution >= 4 is 28.8 Å². The minimum absolute atomic E-state index is 0.0914. The highest BCUT2D eigenvalue weighted by Crippen LogP contribution is 2.31. The van der Waals surface area contributed by atoms with Crippen LogP contribution in [0.15, 0.2) is 35.7 Å². The van der Waals surface area contributed by atoms with Gasteiger partial charge in [-0.25, -0.2) is 4.39 Å². The molecule has 3 rings (SSSR count). The van der Waals surface area contributed by atoms with E-state index >= 15 is 0 Å². The fourth-order valence-corrected chi connectivity index (χ4v) is 3.53. The summed E-state index contributed by atoms with van der Waals surface area (Å²) in [6, 6.07) is 5.52. The number of thiophene rings is 1. The normalized spacial score (nSPS) is 14.9. The Morgan fingerprint density at radius 2 is 1.75 bits per heavy atom. The average molecular weight is 415 g/mol. The van der Waals surface area contributed by atoms with E-state index in [1.807, 2.05) is 5.38 Å². The van der Waals surface area contributed by atoms with Gasteiger partial charge in [0.25, 0.3) is 5.91 Å². The third-order valence-corrected chi connectivity index (χ3v) is 5.23. The van der Waals surface area contributed by atoms with Gasteiger partial charge < -0.3 is 15.1 Å². The molecule has 1 aliphatic heterocycles. The molecule has 2 amide bonds. The molecule has 0 bridgehead atoms. The number of alkyl halides is 3. The molecule has 0 aliphatic carbocycles. The quantitative estimate of drug-likeness (QED) is 0.780. The number of carbonyl (C=O) groups excluding carboxylic acids is 2. The Morgan fingerprint density at radius 3 is 2.36 bits per heavy atom. The Kier molecular flexibility index (Phi) is 5.87. The molecule has 0 spiro atoms. The van der Waals surface area contributed by atoms with E-state index in [9.17, 15) is 27.2 Å². The van der Waals surface area contributed by atoms with E-state index in [-0.39, 0.29) is 24.0 Å². The predicted molar refractivity (Wildman–Crippen MR) is 96.7 cm³/mol. The van der Waals surface area contributed by atoms with Gasteiger partial charge >= 0.3 is 6.18 Å². The van der Waals surface area contributed by atoms with Gasteiger partial charge in [0.15, 0.2) is 0 Å². The van der Waals surface area contributed by atoms with Gasteiger partial charge in [-0.1, -0.05) is 6.07 Å². The van der Waals surface area contributed by atoms with E-state index in [1.165, 1.54) is 16.2 Å². The third-order valence-electron chi connectivity index (χ3n) is 4.38. The summed E-state index contributed by atoms with van der Waals surface area (Å²) in [4.78, 5) is 28.3. The second-order valence-electron chi connectivity index (χ2n) is 6.20. The Morgan fingerprint density at radius 1 is 1.07 bits per heavy atom. The number of benzene rings is 1. The van der Waals surface area contributed by atoms with Crippen LogP contribution in [0, 0.1) is 5.82 Å². The SMILES string of the molecule is O=C(CNc1cc(C(F)(F)F)ccc1F)N1CCN(C(=O)c2cccs2)CC1. The summed E-state index contributed by atoms with van der Waals surface area (Å²) in [6.45, 7) is 1.00.